The number of carbonyl (C=O) groups excluding carboxylic acids is 1. The van der Waals surface area contributed by atoms with Crippen LogP contribution in [0.3, 0.4) is 0 Å². The van der Waals surface area contributed by atoms with E-state index in [1.54, 1.807) is 13.0 Å². The predicted octanol–water partition coefficient (Wildman–Crippen LogP) is 3.60. The fraction of sp³-hybridized carbons (Fsp3) is 0.231. The van der Waals surface area contributed by atoms with Gasteiger partial charge in [0.2, 0.25) is 0 Å². The van der Waals surface area contributed by atoms with Crippen molar-refractivity contribution in [2.45, 2.75) is 20.4 Å². The second kappa shape index (κ2) is 5.83. The van der Waals surface area contributed by atoms with Crippen LogP contribution in [0.5, 0.6) is 0 Å². The van der Waals surface area contributed by atoms with Crippen molar-refractivity contribution in [2.75, 3.05) is 0 Å². The molecule has 0 saturated heterocycles. The van der Waals surface area contributed by atoms with E-state index in [9.17, 15) is 14.9 Å². The van der Waals surface area contributed by atoms with E-state index in [1.165, 1.54) is 23.7 Å². The molecule has 6 nitrogen and oxygen atoms in total. The molecule has 0 aliphatic heterocycles. The van der Waals surface area contributed by atoms with Crippen LogP contribution in [0.25, 0.3) is 0 Å². The number of Topliss-reactive ketones (excluding diaryl/α,β-unsaturated/α-hetero) is 1. The normalized spacial score (nSPS) is 10.7. The number of aromatic nitrogens is 2. The lowest BCUT2D eigenvalue weighted by atomic mass is 10.1. The summed E-state index contributed by atoms with van der Waals surface area (Å²) in [6.45, 7) is 2.93. The van der Waals surface area contributed by atoms with Gasteiger partial charge >= 0.3 is 5.69 Å². The maximum absolute atomic E-state index is 12.3. The van der Waals surface area contributed by atoms with Crippen molar-refractivity contribution in [3.8, 4) is 0 Å². The summed E-state index contributed by atoms with van der Waals surface area (Å²) in [7, 11) is 0. The fourth-order valence-electron chi connectivity index (χ4n) is 2.04. The summed E-state index contributed by atoms with van der Waals surface area (Å²) in [6, 6.07) is 4.57. The van der Waals surface area contributed by atoms with Gasteiger partial charge in [0.15, 0.2) is 5.78 Å². The lowest BCUT2D eigenvalue weighted by Crippen LogP contribution is -2.13. The predicted molar refractivity (Wildman–Crippen MR) is 79.1 cm³/mol. The number of ketones is 1. The second-order valence-electron chi connectivity index (χ2n) is 4.48. The Balaban J connectivity index is 2.34. The second-order valence-corrected chi connectivity index (χ2v) is 5.33. The minimum absolute atomic E-state index is 0.0833. The third-order valence-electron chi connectivity index (χ3n) is 3.05. The number of halogens is 2. The molecule has 0 aliphatic rings. The molecule has 1 aromatic carbocycles. The monoisotopic (exact) mass is 327 g/mol. The number of benzene rings is 1. The van der Waals surface area contributed by atoms with E-state index < -0.39 is 4.92 Å². The van der Waals surface area contributed by atoms with Crippen molar-refractivity contribution >= 4 is 34.7 Å². The van der Waals surface area contributed by atoms with Gasteiger partial charge in [0, 0.05) is 10.6 Å². The first-order valence-electron chi connectivity index (χ1n) is 5.98. The van der Waals surface area contributed by atoms with Gasteiger partial charge < -0.3 is 0 Å². The molecule has 8 heteroatoms. The molecule has 0 fully saturated rings. The van der Waals surface area contributed by atoms with Crippen molar-refractivity contribution in [2.24, 2.45) is 0 Å². The Labute approximate surface area is 130 Å². The molecule has 0 amide bonds. The van der Waals surface area contributed by atoms with E-state index in [0.29, 0.717) is 10.7 Å². The SMILES string of the molecule is Cc1nn(CC(=O)c2cc(Cl)ccc2Cl)c(C)c1[N+](=O)[O-]. The number of carbonyl (C=O) groups is 1. The quantitative estimate of drug-likeness (QED) is 0.488. The van der Waals surface area contributed by atoms with Crippen LogP contribution in [0, 0.1) is 24.0 Å². The first kappa shape index (κ1) is 15.5. The number of nitrogens with zero attached hydrogens (tertiary/aromatic N) is 3. The Morgan fingerprint density at radius 2 is 2.05 bits per heavy atom. The molecule has 0 aliphatic carbocycles. The minimum Gasteiger partial charge on any atom is -0.292 e. The standard InChI is InChI=1S/C13H11Cl2N3O3/c1-7-13(18(20)21)8(2)17(16-7)6-12(19)10-5-9(14)3-4-11(10)15/h3-5H,6H2,1-2H3. The number of hydrogen-bond donors (Lipinski definition) is 0. The molecule has 0 unspecified atom stereocenters. The first-order chi connectivity index (χ1) is 9.81. The Bertz CT molecular complexity index is 741. The molecule has 110 valence electrons. The van der Waals surface area contributed by atoms with E-state index in [1.807, 2.05) is 0 Å². The van der Waals surface area contributed by atoms with Crippen LogP contribution in [0.2, 0.25) is 10.0 Å². The molecule has 2 rings (SSSR count). The van der Waals surface area contributed by atoms with Gasteiger partial charge in [-0.15, -0.1) is 0 Å². The van der Waals surface area contributed by atoms with Gasteiger partial charge in [0.25, 0.3) is 0 Å². The van der Waals surface area contributed by atoms with Crippen molar-refractivity contribution in [1.29, 1.82) is 0 Å². The highest BCUT2D eigenvalue weighted by molar-refractivity contribution is 6.35. The van der Waals surface area contributed by atoms with Crippen LogP contribution in [0.1, 0.15) is 21.7 Å². The van der Waals surface area contributed by atoms with E-state index in [2.05, 4.69) is 5.10 Å². The molecule has 21 heavy (non-hydrogen) atoms. The zero-order chi connectivity index (χ0) is 15.7. The van der Waals surface area contributed by atoms with Gasteiger partial charge in [0.05, 0.1) is 9.95 Å². The zero-order valence-corrected chi connectivity index (χ0v) is 12.8. The summed E-state index contributed by atoms with van der Waals surface area (Å²) in [5, 5.41) is 15.6. The van der Waals surface area contributed by atoms with Crippen LogP contribution in [0.4, 0.5) is 5.69 Å². The highest BCUT2D eigenvalue weighted by Crippen LogP contribution is 2.24. The molecule has 0 radical (unpaired) electrons. The van der Waals surface area contributed by atoms with E-state index in [0.717, 1.165) is 0 Å². The summed E-state index contributed by atoms with van der Waals surface area (Å²) in [5.74, 6) is -0.317. The topological polar surface area (TPSA) is 78.0 Å². The first-order valence-corrected chi connectivity index (χ1v) is 6.73. The van der Waals surface area contributed by atoms with Gasteiger partial charge in [-0.2, -0.15) is 5.10 Å². The number of nitro groups is 1. The van der Waals surface area contributed by atoms with Gasteiger partial charge in [0.1, 0.15) is 17.9 Å². The van der Waals surface area contributed by atoms with Crippen molar-refractivity contribution < 1.29 is 9.72 Å². The smallest absolute Gasteiger partial charge is 0.292 e. The summed E-state index contributed by atoms with van der Waals surface area (Å²) in [4.78, 5) is 22.7. The van der Waals surface area contributed by atoms with Crippen LogP contribution in [-0.4, -0.2) is 20.5 Å². The Morgan fingerprint density at radius 3 is 2.62 bits per heavy atom. The Hall–Kier alpha value is -1.92. The Kier molecular flexibility index (Phi) is 4.29. The largest absolute Gasteiger partial charge is 0.312 e. The fourth-order valence-corrected chi connectivity index (χ4v) is 2.43. The summed E-state index contributed by atoms with van der Waals surface area (Å²) >= 11 is 11.8. The minimum atomic E-state index is -0.509. The lowest BCUT2D eigenvalue weighted by molar-refractivity contribution is -0.386. The molecule has 0 bridgehead atoms. The van der Waals surface area contributed by atoms with Crippen molar-refractivity contribution in [1.82, 2.24) is 9.78 Å². The number of hydrogen-bond acceptors (Lipinski definition) is 4. The third-order valence-corrected chi connectivity index (χ3v) is 3.61. The third kappa shape index (κ3) is 3.06. The van der Waals surface area contributed by atoms with Crippen LogP contribution < -0.4 is 0 Å². The molecule has 2 aromatic rings. The molecule has 0 spiro atoms. The Morgan fingerprint density at radius 1 is 1.38 bits per heavy atom. The molecular formula is C13H11Cl2N3O3. The van der Waals surface area contributed by atoms with E-state index in [-0.39, 0.29) is 34.3 Å². The summed E-state index contributed by atoms with van der Waals surface area (Å²) in [5.41, 5.74) is 0.769. The maximum atomic E-state index is 12.3. The average molecular weight is 328 g/mol. The maximum Gasteiger partial charge on any atom is 0.312 e. The molecule has 0 atom stereocenters. The highest BCUT2D eigenvalue weighted by atomic mass is 35.5. The summed E-state index contributed by atoms with van der Waals surface area (Å²) in [6.07, 6.45) is 0. The molecule has 0 saturated carbocycles. The molecule has 0 N–H and O–H groups in total. The molecule has 1 heterocycles. The van der Waals surface area contributed by atoms with Crippen LogP contribution >= 0.6 is 23.2 Å². The van der Waals surface area contributed by atoms with E-state index >= 15 is 0 Å². The van der Waals surface area contributed by atoms with Gasteiger partial charge in [-0.05, 0) is 32.0 Å². The van der Waals surface area contributed by atoms with Gasteiger partial charge in [-0.3, -0.25) is 19.6 Å². The number of aryl methyl sites for hydroxylation is 1. The van der Waals surface area contributed by atoms with Gasteiger partial charge in [-0.1, -0.05) is 23.2 Å². The molecular weight excluding hydrogens is 317 g/mol. The summed E-state index contributed by atoms with van der Waals surface area (Å²) < 4.78 is 1.30. The molecule has 1 aromatic heterocycles. The van der Waals surface area contributed by atoms with E-state index in [4.69, 9.17) is 23.2 Å². The zero-order valence-electron chi connectivity index (χ0n) is 11.3. The average Bonchev–Trinajstić information content (AvgIpc) is 2.67. The van der Waals surface area contributed by atoms with Crippen LogP contribution in [0.15, 0.2) is 18.2 Å². The van der Waals surface area contributed by atoms with Gasteiger partial charge in [-0.25, -0.2) is 0 Å². The van der Waals surface area contributed by atoms with Crippen molar-refractivity contribution in [3.63, 3.8) is 0 Å². The van der Waals surface area contributed by atoms with Crippen molar-refractivity contribution in [3.05, 3.63) is 55.3 Å². The van der Waals surface area contributed by atoms with Crippen LogP contribution in [-0.2, 0) is 6.54 Å². The lowest BCUT2D eigenvalue weighted by Gasteiger charge is -2.05. The highest BCUT2D eigenvalue weighted by Gasteiger charge is 2.23. The number of rotatable bonds is 4.